The monoisotopic (exact) mass is 226 g/mol. The minimum Gasteiger partial charge on any atom is -0.468 e. The molecule has 0 aromatic heterocycles. The topological polar surface area (TPSA) is 69.7 Å². The number of terminal acetylenes is 1. The maximum atomic E-state index is 11.6. The molecule has 0 amide bonds. The van der Waals surface area contributed by atoms with Crippen LogP contribution in [0.1, 0.15) is 19.3 Å². The third-order valence-electron chi connectivity index (χ3n) is 2.25. The summed E-state index contributed by atoms with van der Waals surface area (Å²) < 4.78 is 9.07. The van der Waals surface area contributed by atoms with Crippen molar-refractivity contribution in [3.8, 4) is 12.3 Å². The van der Waals surface area contributed by atoms with E-state index < -0.39 is 17.4 Å². The molecule has 0 aliphatic rings. The average Bonchev–Trinajstić information content (AvgIpc) is 2.32. The normalized spacial score (nSPS) is 10.1. The highest BCUT2D eigenvalue weighted by Crippen LogP contribution is 2.31. The van der Waals surface area contributed by atoms with Crippen molar-refractivity contribution in [2.75, 3.05) is 14.2 Å². The van der Waals surface area contributed by atoms with E-state index in [0.29, 0.717) is 6.29 Å². The first-order valence-corrected chi connectivity index (χ1v) is 4.63. The molecule has 0 aliphatic heterocycles. The van der Waals surface area contributed by atoms with Crippen LogP contribution in [0.4, 0.5) is 0 Å². The van der Waals surface area contributed by atoms with Gasteiger partial charge in [0.15, 0.2) is 5.41 Å². The number of rotatable bonds is 6. The molecule has 0 heterocycles. The van der Waals surface area contributed by atoms with Crippen molar-refractivity contribution >= 4 is 18.2 Å². The van der Waals surface area contributed by atoms with Gasteiger partial charge in [-0.3, -0.25) is 9.59 Å². The molecule has 0 fully saturated rings. The molecule has 0 saturated carbocycles. The fourth-order valence-corrected chi connectivity index (χ4v) is 1.39. The molecule has 16 heavy (non-hydrogen) atoms. The smallest absolute Gasteiger partial charge is 0.324 e. The van der Waals surface area contributed by atoms with Crippen molar-refractivity contribution in [1.82, 2.24) is 0 Å². The molecular weight excluding hydrogens is 212 g/mol. The molecule has 0 N–H and O–H groups in total. The second-order valence-electron chi connectivity index (χ2n) is 3.15. The molecule has 88 valence electrons. The average molecular weight is 226 g/mol. The van der Waals surface area contributed by atoms with Gasteiger partial charge in [0.05, 0.1) is 14.2 Å². The zero-order valence-corrected chi connectivity index (χ0v) is 9.32. The molecule has 0 aliphatic carbocycles. The van der Waals surface area contributed by atoms with Gasteiger partial charge in [-0.05, 0) is 6.42 Å². The highest BCUT2D eigenvalue weighted by molar-refractivity contribution is 6.00. The van der Waals surface area contributed by atoms with Crippen molar-refractivity contribution in [2.24, 2.45) is 5.41 Å². The lowest BCUT2D eigenvalue weighted by atomic mass is 9.80. The molecule has 0 rings (SSSR count). The molecule has 5 nitrogen and oxygen atoms in total. The van der Waals surface area contributed by atoms with E-state index >= 15 is 0 Å². The lowest BCUT2D eigenvalue weighted by Gasteiger charge is -2.25. The lowest BCUT2D eigenvalue weighted by molar-refractivity contribution is -0.169. The summed E-state index contributed by atoms with van der Waals surface area (Å²) in [4.78, 5) is 33.5. The van der Waals surface area contributed by atoms with E-state index in [2.05, 4.69) is 15.4 Å². The molecule has 5 heteroatoms. The van der Waals surface area contributed by atoms with E-state index in [1.165, 1.54) is 0 Å². The minimum atomic E-state index is -1.57. The van der Waals surface area contributed by atoms with Crippen LogP contribution in [-0.2, 0) is 23.9 Å². The predicted octanol–water partition coefficient (Wildman–Crippen LogP) is 0.321. The fraction of sp³-hybridized carbons (Fsp3) is 0.545. The first-order chi connectivity index (χ1) is 7.58. The Morgan fingerprint density at radius 3 is 2.12 bits per heavy atom. The molecule has 0 spiro atoms. The Bertz CT molecular complexity index is 297. The van der Waals surface area contributed by atoms with Crippen molar-refractivity contribution in [2.45, 2.75) is 19.3 Å². The third-order valence-corrected chi connectivity index (χ3v) is 2.25. The number of aldehydes is 1. The number of hydrogen-bond donors (Lipinski definition) is 0. The Kier molecular flexibility index (Phi) is 5.86. The first kappa shape index (κ1) is 14.2. The summed E-state index contributed by atoms with van der Waals surface area (Å²) in [6, 6.07) is 0. The molecule has 0 aromatic rings. The molecule has 0 radical (unpaired) electrons. The predicted molar refractivity (Wildman–Crippen MR) is 55.2 cm³/mol. The van der Waals surface area contributed by atoms with Gasteiger partial charge < -0.3 is 14.3 Å². The van der Waals surface area contributed by atoms with Gasteiger partial charge in [-0.1, -0.05) is 0 Å². The summed E-state index contributed by atoms with van der Waals surface area (Å²) in [7, 11) is 2.30. The van der Waals surface area contributed by atoms with Crippen molar-refractivity contribution < 1.29 is 23.9 Å². The molecule has 0 unspecified atom stereocenters. The van der Waals surface area contributed by atoms with E-state index in [9.17, 15) is 14.4 Å². The number of ether oxygens (including phenoxy) is 2. The minimum absolute atomic E-state index is 0.0138. The highest BCUT2D eigenvalue weighted by atomic mass is 16.5. The molecule has 0 saturated heterocycles. The van der Waals surface area contributed by atoms with Crippen LogP contribution in [0.25, 0.3) is 0 Å². The van der Waals surface area contributed by atoms with Gasteiger partial charge in [0, 0.05) is 12.8 Å². The Morgan fingerprint density at radius 2 is 1.81 bits per heavy atom. The van der Waals surface area contributed by atoms with Crippen LogP contribution in [0.3, 0.4) is 0 Å². The van der Waals surface area contributed by atoms with E-state index in [4.69, 9.17) is 6.42 Å². The Balaban J connectivity index is 5.20. The standard InChI is InChI=1S/C11H14O5/c1-4-6-11(7-5-8-12,9(13)15-2)10(14)16-3/h1,8H,5-7H2,2-3H3. The second-order valence-corrected chi connectivity index (χ2v) is 3.15. The number of carbonyl (C=O) groups is 3. The summed E-state index contributed by atoms with van der Waals surface area (Å²) in [5, 5.41) is 0. The molecule has 0 aromatic carbocycles. The summed E-state index contributed by atoms with van der Waals surface area (Å²) in [5.41, 5.74) is -1.57. The largest absolute Gasteiger partial charge is 0.468 e. The summed E-state index contributed by atoms with van der Waals surface area (Å²) >= 11 is 0. The third kappa shape index (κ3) is 2.83. The highest BCUT2D eigenvalue weighted by Gasteiger charge is 2.47. The Morgan fingerprint density at radius 1 is 1.31 bits per heavy atom. The molecular formula is C11H14O5. The van der Waals surface area contributed by atoms with Crippen LogP contribution in [0.2, 0.25) is 0 Å². The fourth-order valence-electron chi connectivity index (χ4n) is 1.39. The van der Waals surface area contributed by atoms with Gasteiger partial charge in [-0.2, -0.15) is 0 Å². The summed E-state index contributed by atoms with van der Waals surface area (Å²) in [6.07, 6.45) is 5.59. The zero-order chi connectivity index (χ0) is 12.6. The molecule has 0 bridgehead atoms. The van der Waals surface area contributed by atoms with E-state index in [1.807, 2.05) is 0 Å². The van der Waals surface area contributed by atoms with E-state index in [0.717, 1.165) is 14.2 Å². The van der Waals surface area contributed by atoms with Crippen LogP contribution in [0.15, 0.2) is 0 Å². The van der Waals surface area contributed by atoms with Crippen LogP contribution >= 0.6 is 0 Å². The first-order valence-electron chi connectivity index (χ1n) is 4.63. The Hall–Kier alpha value is -1.83. The van der Waals surface area contributed by atoms with Crippen LogP contribution in [-0.4, -0.2) is 32.4 Å². The number of carbonyl (C=O) groups excluding carboxylic acids is 3. The second kappa shape index (κ2) is 6.62. The Labute approximate surface area is 94.1 Å². The zero-order valence-electron chi connectivity index (χ0n) is 9.32. The van der Waals surface area contributed by atoms with Gasteiger partial charge in [-0.25, -0.2) is 0 Å². The van der Waals surface area contributed by atoms with Gasteiger partial charge in [-0.15, -0.1) is 12.3 Å². The van der Waals surface area contributed by atoms with E-state index in [-0.39, 0.29) is 19.3 Å². The number of methoxy groups -OCH3 is 2. The van der Waals surface area contributed by atoms with Crippen molar-refractivity contribution in [1.29, 1.82) is 0 Å². The van der Waals surface area contributed by atoms with Crippen molar-refractivity contribution in [3.05, 3.63) is 0 Å². The number of esters is 2. The SMILES string of the molecule is C#CCC(CCC=O)(C(=O)OC)C(=O)OC. The van der Waals surface area contributed by atoms with Gasteiger partial charge in [0.2, 0.25) is 0 Å². The quantitative estimate of drug-likeness (QED) is 0.282. The number of hydrogen-bond acceptors (Lipinski definition) is 5. The van der Waals surface area contributed by atoms with Gasteiger partial charge in [0.25, 0.3) is 0 Å². The van der Waals surface area contributed by atoms with E-state index in [1.54, 1.807) is 0 Å². The maximum Gasteiger partial charge on any atom is 0.324 e. The van der Waals surface area contributed by atoms with Crippen LogP contribution in [0, 0.1) is 17.8 Å². The van der Waals surface area contributed by atoms with Gasteiger partial charge >= 0.3 is 11.9 Å². The maximum absolute atomic E-state index is 11.6. The summed E-state index contributed by atoms with van der Waals surface area (Å²) in [6.45, 7) is 0. The van der Waals surface area contributed by atoms with Crippen LogP contribution in [0.5, 0.6) is 0 Å². The van der Waals surface area contributed by atoms with Crippen LogP contribution < -0.4 is 0 Å². The van der Waals surface area contributed by atoms with Crippen molar-refractivity contribution in [3.63, 3.8) is 0 Å². The summed E-state index contributed by atoms with van der Waals surface area (Å²) in [5.74, 6) is 0.673. The molecule has 0 atom stereocenters. The lowest BCUT2D eigenvalue weighted by Crippen LogP contribution is -2.41. The van der Waals surface area contributed by atoms with Gasteiger partial charge in [0.1, 0.15) is 6.29 Å².